The molecule has 1 aromatic carbocycles. The van der Waals surface area contributed by atoms with Crippen molar-refractivity contribution in [3.63, 3.8) is 0 Å². The van der Waals surface area contributed by atoms with Crippen LogP contribution in [0.4, 0.5) is 27.4 Å². The van der Waals surface area contributed by atoms with Crippen molar-refractivity contribution >= 4 is 44.6 Å². The number of fused-ring (bicyclic) bond motifs is 2. The number of benzene rings is 1. The fourth-order valence-electron chi connectivity index (χ4n) is 3.95. The van der Waals surface area contributed by atoms with Crippen LogP contribution in [0.2, 0.25) is 0 Å². The van der Waals surface area contributed by atoms with E-state index in [-0.39, 0.29) is 5.69 Å². The molecule has 10 heteroatoms. The molecule has 1 aliphatic rings. The van der Waals surface area contributed by atoms with Crippen molar-refractivity contribution in [2.45, 2.75) is 25.6 Å². The van der Waals surface area contributed by atoms with Gasteiger partial charge in [-0.25, -0.2) is 9.37 Å². The van der Waals surface area contributed by atoms with Crippen LogP contribution < -0.4 is 16.8 Å². The van der Waals surface area contributed by atoms with Crippen LogP contribution in [0.1, 0.15) is 17.7 Å². The topological polar surface area (TPSA) is 125 Å². The van der Waals surface area contributed by atoms with Crippen molar-refractivity contribution < 1.29 is 8.60 Å². The summed E-state index contributed by atoms with van der Waals surface area (Å²) in [4.78, 5) is 8.48. The Bertz CT molecular complexity index is 1380. The van der Waals surface area contributed by atoms with Crippen molar-refractivity contribution in [2.75, 3.05) is 22.5 Å². The Morgan fingerprint density at radius 1 is 1.12 bits per heavy atom. The molecule has 8 nitrogen and oxygen atoms in total. The number of pyridine rings is 2. The number of hydrogen-bond donors (Lipinski definition) is 3. The van der Waals surface area contributed by atoms with Crippen LogP contribution in [0.5, 0.6) is 0 Å². The lowest BCUT2D eigenvalue weighted by Gasteiger charge is -2.13. The van der Waals surface area contributed by atoms with Gasteiger partial charge in [-0.1, -0.05) is 0 Å². The summed E-state index contributed by atoms with van der Waals surface area (Å²) in [6.07, 6.45) is 6.36. The van der Waals surface area contributed by atoms with E-state index in [1.165, 1.54) is 6.20 Å². The molecule has 0 fully saturated rings. The van der Waals surface area contributed by atoms with Crippen LogP contribution in [0.15, 0.2) is 36.8 Å². The number of nitrogens with two attached hydrogens (primary N) is 2. The van der Waals surface area contributed by atoms with Gasteiger partial charge in [0, 0.05) is 57.2 Å². The molecule has 5 N–H and O–H groups in total. The first-order valence-electron chi connectivity index (χ1n) is 10.2. The van der Waals surface area contributed by atoms with Gasteiger partial charge in [-0.15, -0.1) is 0 Å². The summed E-state index contributed by atoms with van der Waals surface area (Å²) in [6, 6.07) is 5.47. The zero-order chi connectivity index (χ0) is 22.4. The summed E-state index contributed by atoms with van der Waals surface area (Å²) in [5, 5.41) is 8.95. The van der Waals surface area contributed by atoms with Crippen LogP contribution >= 0.6 is 0 Å². The number of aromatic nitrogens is 4. The minimum Gasteiger partial charge on any atom is -0.397 e. The number of halogens is 1. The van der Waals surface area contributed by atoms with Crippen molar-refractivity contribution in [3.05, 3.63) is 53.9 Å². The summed E-state index contributed by atoms with van der Waals surface area (Å²) >= 11 is 0. The van der Waals surface area contributed by atoms with Gasteiger partial charge in [0.2, 0.25) is 0 Å². The number of nitrogens with zero attached hydrogens (tertiary/aromatic N) is 4. The van der Waals surface area contributed by atoms with E-state index in [1.807, 2.05) is 13.0 Å². The predicted octanol–water partition coefficient (Wildman–Crippen LogP) is 3.50. The third-order valence-corrected chi connectivity index (χ3v) is 7.01. The van der Waals surface area contributed by atoms with Crippen LogP contribution in [-0.2, 0) is 23.1 Å². The monoisotopic (exact) mass is 451 g/mol. The third-order valence-electron chi connectivity index (χ3n) is 5.73. The minimum absolute atomic E-state index is 0.0227. The van der Waals surface area contributed by atoms with Gasteiger partial charge in [-0.2, -0.15) is 5.10 Å². The maximum atomic E-state index is 15.1. The van der Waals surface area contributed by atoms with Gasteiger partial charge >= 0.3 is 0 Å². The highest BCUT2D eigenvalue weighted by molar-refractivity contribution is 7.83. The van der Waals surface area contributed by atoms with E-state index in [4.69, 9.17) is 11.5 Å². The van der Waals surface area contributed by atoms with E-state index in [0.717, 1.165) is 29.5 Å². The molecule has 32 heavy (non-hydrogen) atoms. The zero-order valence-electron chi connectivity index (χ0n) is 17.4. The average Bonchev–Trinajstić information content (AvgIpc) is 3.04. The van der Waals surface area contributed by atoms with E-state index >= 15 is 4.39 Å². The Kier molecular flexibility index (Phi) is 5.01. The van der Waals surface area contributed by atoms with Crippen LogP contribution in [-0.4, -0.2) is 29.7 Å². The van der Waals surface area contributed by atoms with Crippen molar-refractivity contribution in [2.24, 2.45) is 0 Å². The maximum absolute atomic E-state index is 15.1. The fraction of sp³-hybridized carbons (Fsp3) is 0.227. The first-order chi connectivity index (χ1) is 15.4. The molecule has 0 saturated heterocycles. The third kappa shape index (κ3) is 3.56. The smallest absolute Gasteiger partial charge is 0.154 e. The number of nitrogens with one attached hydrogen (secondary N) is 1. The molecular weight excluding hydrogens is 429 g/mol. The van der Waals surface area contributed by atoms with E-state index in [1.54, 1.807) is 29.2 Å². The number of rotatable bonds is 3. The first-order valence-corrected chi connectivity index (χ1v) is 11.7. The van der Waals surface area contributed by atoms with Gasteiger partial charge in [0.1, 0.15) is 11.7 Å². The van der Waals surface area contributed by atoms with Gasteiger partial charge in [0.05, 0.1) is 17.6 Å². The van der Waals surface area contributed by atoms with Gasteiger partial charge in [0.15, 0.2) is 11.6 Å². The van der Waals surface area contributed by atoms with Crippen molar-refractivity contribution in [3.8, 4) is 11.1 Å². The van der Waals surface area contributed by atoms with Crippen LogP contribution in [0, 0.1) is 12.7 Å². The Morgan fingerprint density at radius 3 is 2.81 bits per heavy atom. The lowest BCUT2D eigenvalue weighted by Crippen LogP contribution is -2.07. The second kappa shape index (κ2) is 7.86. The van der Waals surface area contributed by atoms with E-state index < -0.39 is 16.6 Å². The molecule has 0 spiro atoms. The molecule has 0 bridgehead atoms. The quantitative estimate of drug-likeness (QED) is 0.407. The van der Waals surface area contributed by atoms with E-state index in [0.29, 0.717) is 45.5 Å². The van der Waals surface area contributed by atoms with Crippen molar-refractivity contribution in [1.29, 1.82) is 0 Å². The molecule has 164 valence electrons. The van der Waals surface area contributed by atoms with Gasteiger partial charge in [-0.05, 0) is 42.8 Å². The molecule has 0 saturated carbocycles. The standard InChI is InChI=1S/C22H22FN7OS/c1-12-16(8-26-10-18(12)24)15-5-13-6-19(27-9-17(13)22(25)21(15)23)28-20-7-14-3-2-4-32(31)11-30(14)29-20/h5-10H,2-4,11,24-25H2,1H3,(H,27,28,29). The number of nitrogen functional groups attached to an aromatic ring is 2. The normalized spacial score (nSPS) is 16.0. The number of anilines is 4. The molecule has 0 aliphatic carbocycles. The van der Waals surface area contributed by atoms with E-state index in [2.05, 4.69) is 20.4 Å². The zero-order valence-corrected chi connectivity index (χ0v) is 18.2. The van der Waals surface area contributed by atoms with Gasteiger partial charge in [-0.3, -0.25) is 13.9 Å². The second-order valence-electron chi connectivity index (χ2n) is 7.87. The highest BCUT2D eigenvalue weighted by atomic mass is 32.2. The molecule has 1 atom stereocenters. The first kappa shape index (κ1) is 20.4. The lowest BCUT2D eigenvalue weighted by molar-refractivity contribution is 0.637. The molecule has 4 heterocycles. The summed E-state index contributed by atoms with van der Waals surface area (Å²) in [5.74, 6) is 1.74. The fourth-order valence-corrected chi connectivity index (χ4v) is 5.04. The molecule has 0 radical (unpaired) electrons. The molecule has 0 amide bonds. The average molecular weight is 452 g/mol. The highest BCUT2D eigenvalue weighted by Gasteiger charge is 2.18. The van der Waals surface area contributed by atoms with Gasteiger partial charge in [0.25, 0.3) is 0 Å². The van der Waals surface area contributed by atoms with Crippen LogP contribution in [0.25, 0.3) is 21.9 Å². The summed E-state index contributed by atoms with van der Waals surface area (Å²) in [5.41, 5.74) is 15.3. The molecule has 3 aromatic heterocycles. The number of hydrogen-bond acceptors (Lipinski definition) is 7. The molecule has 5 rings (SSSR count). The largest absolute Gasteiger partial charge is 0.397 e. The minimum atomic E-state index is -0.907. The lowest BCUT2D eigenvalue weighted by atomic mass is 9.97. The number of aryl methyl sites for hydroxylation is 1. The van der Waals surface area contributed by atoms with E-state index in [9.17, 15) is 4.21 Å². The molecular formula is C22H22FN7OS. The Labute approximate surface area is 186 Å². The molecule has 1 unspecified atom stereocenters. The Balaban J connectivity index is 1.54. The highest BCUT2D eigenvalue weighted by Crippen LogP contribution is 2.36. The van der Waals surface area contributed by atoms with Crippen LogP contribution in [0.3, 0.4) is 0 Å². The molecule has 1 aliphatic heterocycles. The van der Waals surface area contributed by atoms with Gasteiger partial charge < -0.3 is 16.8 Å². The SMILES string of the molecule is Cc1c(N)cncc1-c1cc2cc(Nc3cc4n(n3)CS(=O)CCC4)ncc2c(N)c1F. The Morgan fingerprint density at radius 2 is 1.97 bits per heavy atom. The summed E-state index contributed by atoms with van der Waals surface area (Å²) < 4.78 is 28.9. The maximum Gasteiger partial charge on any atom is 0.154 e. The summed E-state index contributed by atoms with van der Waals surface area (Å²) in [6.45, 7) is 1.82. The predicted molar refractivity (Wildman–Crippen MR) is 125 cm³/mol. The summed E-state index contributed by atoms with van der Waals surface area (Å²) in [7, 11) is -0.907. The second-order valence-corrected chi connectivity index (χ2v) is 9.41. The Hall–Kier alpha value is -3.53. The van der Waals surface area contributed by atoms with Crippen molar-refractivity contribution in [1.82, 2.24) is 19.7 Å². The molecule has 4 aromatic rings.